The topological polar surface area (TPSA) is 49.3 Å². The van der Waals surface area contributed by atoms with Crippen LogP contribution in [0.1, 0.15) is 21.5 Å². The van der Waals surface area contributed by atoms with Crippen LogP contribution in [0.5, 0.6) is 5.75 Å². The van der Waals surface area contributed by atoms with Crippen LogP contribution in [-0.4, -0.2) is 11.0 Å². The number of amides is 1. The molecule has 2 aromatic carbocycles. The number of hydrogen-bond acceptors (Lipinski definition) is 2. The number of rotatable bonds is 2. The molecule has 1 amide bonds. The Kier molecular flexibility index (Phi) is 3.88. The SMILES string of the molecule is Cc1ccc(NC(=O)c2cccc(C(F)(F)F)c2)c(O)c1. The summed E-state index contributed by atoms with van der Waals surface area (Å²) in [4.78, 5) is 11.9. The Bertz CT molecular complexity index is 681. The number of aryl methyl sites for hydroxylation is 1. The summed E-state index contributed by atoms with van der Waals surface area (Å²) in [6, 6.07) is 8.68. The summed E-state index contributed by atoms with van der Waals surface area (Å²) < 4.78 is 37.8. The molecule has 0 aliphatic heterocycles. The number of halogens is 3. The summed E-state index contributed by atoms with van der Waals surface area (Å²) in [5.74, 6) is -0.865. The third-order valence-electron chi connectivity index (χ3n) is 2.85. The van der Waals surface area contributed by atoms with Gasteiger partial charge in [-0.2, -0.15) is 13.2 Å². The second kappa shape index (κ2) is 5.47. The van der Waals surface area contributed by atoms with Gasteiger partial charge in [-0.1, -0.05) is 12.1 Å². The monoisotopic (exact) mass is 295 g/mol. The van der Waals surface area contributed by atoms with Gasteiger partial charge in [0.05, 0.1) is 11.3 Å². The van der Waals surface area contributed by atoms with Gasteiger partial charge in [0.25, 0.3) is 5.91 Å². The first-order chi connectivity index (χ1) is 9.77. The molecule has 0 fully saturated rings. The van der Waals surface area contributed by atoms with Crippen molar-refractivity contribution in [2.24, 2.45) is 0 Å². The highest BCUT2D eigenvalue weighted by molar-refractivity contribution is 6.05. The van der Waals surface area contributed by atoms with Gasteiger partial charge in [-0.15, -0.1) is 0 Å². The summed E-state index contributed by atoms with van der Waals surface area (Å²) >= 11 is 0. The number of anilines is 1. The Labute approximate surface area is 119 Å². The molecule has 0 saturated carbocycles. The third kappa shape index (κ3) is 3.53. The van der Waals surface area contributed by atoms with Crippen molar-refractivity contribution >= 4 is 11.6 Å². The first-order valence-corrected chi connectivity index (χ1v) is 6.05. The highest BCUT2D eigenvalue weighted by atomic mass is 19.4. The summed E-state index contributed by atoms with van der Waals surface area (Å²) in [6.45, 7) is 1.76. The molecule has 0 heterocycles. The van der Waals surface area contributed by atoms with Crippen molar-refractivity contribution in [3.8, 4) is 5.75 Å². The number of phenolic OH excluding ortho intramolecular Hbond substituents is 1. The highest BCUT2D eigenvalue weighted by Crippen LogP contribution is 2.30. The van der Waals surface area contributed by atoms with Crippen LogP contribution < -0.4 is 5.32 Å². The summed E-state index contributed by atoms with van der Waals surface area (Å²) in [5.41, 5.74) is -0.0966. The number of carbonyl (C=O) groups excluding carboxylic acids is 1. The van der Waals surface area contributed by atoms with Crippen LogP contribution in [0, 0.1) is 6.92 Å². The maximum absolute atomic E-state index is 12.6. The van der Waals surface area contributed by atoms with Crippen LogP contribution in [0.2, 0.25) is 0 Å². The standard InChI is InChI=1S/C15H12F3NO2/c1-9-5-6-12(13(20)7-9)19-14(21)10-3-2-4-11(8-10)15(16,17)18/h2-8,20H,1H3,(H,19,21). The first-order valence-electron chi connectivity index (χ1n) is 6.05. The van der Waals surface area contributed by atoms with Crippen LogP contribution in [0.4, 0.5) is 18.9 Å². The second-order valence-corrected chi connectivity index (χ2v) is 4.55. The number of carbonyl (C=O) groups is 1. The van der Waals surface area contributed by atoms with Crippen LogP contribution in [0.25, 0.3) is 0 Å². The van der Waals surface area contributed by atoms with Crippen molar-refractivity contribution in [2.45, 2.75) is 13.1 Å². The summed E-state index contributed by atoms with van der Waals surface area (Å²) in [5, 5.41) is 12.1. The van der Waals surface area contributed by atoms with E-state index in [0.29, 0.717) is 0 Å². The van der Waals surface area contributed by atoms with Gasteiger partial charge in [0.2, 0.25) is 0 Å². The summed E-state index contributed by atoms with van der Waals surface area (Å²) in [7, 11) is 0. The first kappa shape index (κ1) is 14.9. The number of benzene rings is 2. The minimum absolute atomic E-state index is 0.134. The molecule has 110 valence electrons. The molecule has 2 rings (SSSR count). The Hall–Kier alpha value is -2.50. The summed E-state index contributed by atoms with van der Waals surface area (Å²) in [6.07, 6.45) is -4.51. The maximum Gasteiger partial charge on any atom is 0.416 e. The van der Waals surface area contributed by atoms with E-state index in [4.69, 9.17) is 0 Å². The maximum atomic E-state index is 12.6. The van der Waals surface area contributed by atoms with Crippen LogP contribution >= 0.6 is 0 Å². The molecular weight excluding hydrogens is 283 g/mol. The van der Waals surface area contributed by atoms with Crippen LogP contribution in [0.15, 0.2) is 42.5 Å². The van der Waals surface area contributed by atoms with Crippen molar-refractivity contribution in [2.75, 3.05) is 5.32 Å². The predicted octanol–water partition coefficient (Wildman–Crippen LogP) is 3.97. The fourth-order valence-corrected chi connectivity index (χ4v) is 1.78. The van der Waals surface area contributed by atoms with Crippen molar-refractivity contribution in [1.82, 2.24) is 0 Å². The molecule has 0 unspecified atom stereocenters. The molecule has 0 aliphatic rings. The fraction of sp³-hybridized carbons (Fsp3) is 0.133. The molecule has 0 aromatic heterocycles. The minimum atomic E-state index is -4.51. The molecule has 21 heavy (non-hydrogen) atoms. The van der Waals surface area contributed by atoms with E-state index in [1.54, 1.807) is 13.0 Å². The van der Waals surface area contributed by atoms with Gasteiger partial charge in [0.15, 0.2) is 0 Å². The van der Waals surface area contributed by atoms with Gasteiger partial charge in [0.1, 0.15) is 5.75 Å². The Morgan fingerprint density at radius 3 is 2.48 bits per heavy atom. The lowest BCUT2D eigenvalue weighted by atomic mass is 10.1. The molecular formula is C15H12F3NO2. The largest absolute Gasteiger partial charge is 0.506 e. The number of aromatic hydroxyl groups is 1. The lowest BCUT2D eigenvalue weighted by molar-refractivity contribution is -0.137. The number of phenols is 1. The normalized spacial score (nSPS) is 11.2. The lowest BCUT2D eigenvalue weighted by Crippen LogP contribution is -2.14. The van der Waals surface area contributed by atoms with E-state index in [-0.39, 0.29) is 17.0 Å². The van der Waals surface area contributed by atoms with E-state index in [1.807, 2.05) is 0 Å². The molecule has 0 aliphatic carbocycles. The quantitative estimate of drug-likeness (QED) is 0.824. The van der Waals surface area contributed by atoms with Crippen molar-refractivity contribution in [3.05, 3.63) is 59.2 Å². The highest BCUT2D eigenvalue weighted by Gasteiger charge is 2.30. The van der Waals surface area contributed by atoms with Gasteiger partial charge in [-0.05, 0) is 42.8 Å². The second-order valence-electron chi connectivity index (χ2n) is 4.55. The number of nitrogens with one attached hydrogen (secondary N) is 1. The molecule has 0 spiro atoms. The third-order valence-corrected chi connectivity index (χ3v) is 2.85. The molecule has 0 bridgehead atoms. The Morgan fingerprint density at radius 2 is 1.86 bits per heavy atom. The Morgan fingerprint density at radius 1 is 1.14 bits per heavy atom. The molecule has 3 nitrogen and oxygen atoms in total. The van der Waals surface area contributed by atoms with E-state index < -0.39 is 17.6 Å². The van der Waals surface area contributed by atoms with Crippen molar-refractivity contribution in [1.29, 1.82) is 0 Å². The van der Waals surface area contributed by atoms with Crippen LogP contribution in [0.3, 0.4) is 0 Å². The average molecular weight is 295 g/mol. The zero-order chi connectivity index (χ0) is 15.6. The van der Waals surface area contributed by atoms with Crippen LogP contribution in [-0.2, 0) is 6.18 Å². The van der Waals surface area contributed by atoms with E-state index in [9.17, 15) is 23.1 Å². The zero-order valence-corrected chi connectivity index (χ0v) is 11.0. The number of alkyl halides is 3. The van der Waals surface area contributed by atoms with E-state index in [2.05, 4.69) is 5.32 Å². The molecule has 0 radical (unpaired) electrons. The van der Waals surface area contributed by atoms with E-state index in [1.165, 1.54) is 18.2 Å². The minimum Gasteiger partial charge on any atom is -0.506 e. The molecule has 0 saturated heterocycles. The molecule has 0 atom stereocenters. The average Bonchev–Trinajstić information content (AvgIpc) is 2.41. The van der Waals surface area contributed by atoms with Crippen molar-refractivity contribution in [3.63, 3.8) is 0 Å². The Balaban J connectivity index is 2.25. The zero-order valence-electron chi connectivity index (χ0n) is 11.0. The van der Waals surface area contributed by atoms with Gasteiger partial charge in [-0.3, -0.25) is 4.79 Å². The fourth-order valence-electron chi connectivity index (χ4n) is 1.78. The molecule has 2 N–H and O–H groups in total. The lowest BCUT2D eigenvalue weighted by Gasteiger charge is -2.10. The van der Waals surface area contributed by atoms with Gasteiger partial charge in [0, 0.05) is 5.56 Å². The van der Waals surface area contributed by atoms with E-state index in [0.717, 1.165) is 23.8 Å². The van der Waals surface area contributed by atoms with Crippen molar-refractivity contribution < 1.29 is 23.1 Å². The molecule has 2 aromatic rings. The molecule has 6 heteroatoms. The predicted molar refractivity (Wildman–Crippen MR) is 72.2 cm³/mol. The van der Waals surface area contributed by atoms with Gasteiger partial charge >= 0.3 is 6.18 Å². The van der Waals surface area contributed by atoms with Gasteiger partial charge in [-0.25, -0.2) is 0 Å². The van der Waals surface area contributed by atoms with E-state index >= 15 is 0 Å². The smallest absolute Gasteiger partial charge is 0.416 e. The number of hydrogen-bond donors (Lipinski definition) is 2. The van der Waals surface area contributed by atoms with Gasteiger partial charge < -0.3 is 10.4 Å².